The maximum atomic E-state index is 13.0. The first-order valence-corrected chi connectivity index (χ1v) is 9.88. The maximum absolute atomic E-state index is 13.0. The topological polar surface area (TPSA) is 87.0 Å². The van der Waals surface area contributed by atoms with Gasteiger partial charge in [0.05, 0.1) is 11.6 Å². The van der Waals surface area contributed by atoms with E-state index in [0.29, 0.717) is 69.1 Å². The number of carbonyl (C=O) groups is 3. The van der Waals surface area contributed by atoms with Crippen LogP contribution in [-0.2, 0) is 16.0 Å². The van der Waals surface area contributed by atoms with E-state index < -0.39 is 0 Å². The summed E-state index contributed by atoms with van der Waals surface area (Å²) in [6.45, 7) is 10.4. The van der Waals surface area contributed by atoms with Crippen LogP contribution in [0.1, 0.15) is 41.6 Å². The number of rotatable bonds is 5. The van der Waals surface area contributed by atoms with Gasteiger partial charge >= 0.3 is 0 Å². The average Bonchev–Trinajstić information content (AvgIpc) is 3.13. The molecule has 3 heterocycles. The molecule has 8 nitrogen and oxygen atoms in total. The highest BCUT2D eigenvalue weighted by Gasteiger charge is 2.36. The first-order valence-electron chi connectivity index (χ1n) is 9.88. The fourth-order valence-electron chi connectivity index (χ4n) is 3.96. The van der Waals surface area contributed by atoms with Crippen molar-refractivity contribution in [3.05, 3.63) is 29.7 Å². The minimum atomic E-state index is -0.304. The molecule has 1 aromatic rings. The zero-order valence-corrected chi connectivity index (χ0v) is 16.6. The number of amides is 3. The van der Waals surface area contributed by atoms with E-state index in [2.05, 4.69) is 11.7 Å². The molecule has 0 saturated carbocycles. The van der Waals surface area contributed by atoms with Gasteiger partial charge in [0.1, 0.15) is 11.3 Å². The summed E-state index contributed by atoms with van der Waals surface area (Å²) in [6.07, 6.45) is 3.27. The van der Waals surface area contributed by atoms with E-state index in [1.54, 1.807) is 27.7 Å². The summed E-state index contributed by atoms with van der Waals surface area (Å²) < 4.78 is 5.19. The Morgan fingerprint density at radius 2 is 1.96 bits per heavy atom. The van der Waals surface area contributed by atoms with Crippen LogP contribution in [0.15, 0.2) is 17.2 Å². The summed E-state index contributed by atoms with van der Waals surface area (Å²) in [5.74, 6) is 0.148. The average molecular weight is 388 g/mol. The molecular weight excluding hydrogens is 360 g/mol. The number of aromatic nitrogens is 1. The fraction of sp³-hybridized carbons (Fsp3) is 0.600. The van der Waals surface area contributed by atoms with Crippen LogP contribution in [0.25, 0.3) is 0 Å². The predicted octanol–water partition coefficient (Wildman–Crippen LogP) is 1.25. The predicted molar refractivity (Wildman–Crippen MR) is 103 cm³/mol. The van der Waals surface area contributed by atoms with Gasteiger partial charge in [-0.15, -0.1) is 6.58 Å². The number of likely N-dealkylation sites (tertiary alicyclic amines) is 1. The second-order valence-electron chi connectivity index (χ2n) is 7.37. The van der Waals surface area contributed by atoms with Gasteiger partial charge in [-0.25, -0.2) is 0 Å². The molecule has 0 radical (unpaired) electrons. The van der Waals surface area contributed by atoms with Crippen molar-refractivity contribution in [2.24, 2.45) is 5.92 Å². The summed E-state index contributed by atoms with van der Waals surface area (Å²) >= 11 is 0. The monoisotopic (exact) mass is 388 g/mol. The van der Waals surface area contributed by atoms with E-state index in [4.69, 9.17) is 4.52 Å². The number of aryl methyl sites for hydroxylation is 2. The fourth-order valence-corrected chi connectivity index (χ4v) is 3.96. The van der Waals surface area contributed by atoms with Gasteiger partial charge in [-0.05, 0) is 19.8 Å². The van der Waals surface area contributed by atoms with Crippen LogP contribution >= 0.6 is 0 Å². The Morgan fingerprint density at radius 3 is 2.68 bits per heavy atom. The lowest BCUT2D eigenvalue weighted by atomic mass is 10.1. The molecule has 1 atom stereocenters. The van der Waals surface area contributed by atoms with Crippen LogP contribution in [0.2, 0.25) is 0 Å². The molecule has 1 unspecified atom stereocenters. The van der Waals surface area contributed by atoms with E-state index in [0.717, 1.165) is 0 Å². The third-order valence-electron chi connectivity index (χ3n) is 5.49. The molecule has 2 aliphatic rings. The van der Waals surface area contributed by atoms with Crippen LogP contribution in [0.3, 0.4) is 0 Å². The number of hydrogen-bond donors (Lipinski definition) is 0. The van der Waals surface area contributed by atoms with E-state index in [-0.39, 0.29) is 30.1 Å². The van der Waals surface area contributed by atoms with Crippen molar-refractivity contribution in [2.45, 2.75) is 33.1 Å². The molecule has 0 aliphatic carbocycles. The van der Waals surface area contributed by atoms with Crippen LogP contribution in [0.4, 0.5) is 0 Å². The Kier molecular flexibility index (Phi) is 6.16. The van der Waals surface area contributed by atoms with Gasteiger partial charge in [0.25, 0.3) is 5.91 Å². The second kappa shape index (κ2) is 8.58. The Hall–Kier alpha value is -2.64. The first-order chi connectivity index (χ1) is 13.5. The zero-order chi connectivity index (χ0) is 20.3. The molecule has 0 N–H and O–H groups in total. The smallest absolute Gasteiger partial charge is 0.259 e. The van der Waals surface area contributed by atoms with Gasteiger partial charge in [0.2, 0.25) is 11.8 Å². The highest BCUT2D eigenvalue weighted by atomic mass is 16.5. The van der Waals surface area contributed by atoms with Crippen molar-refractivity contribution in [1.82, 2.24) is 19.9 Å². The summed E-state index contributed by atoms with van der Waals surface area (Å²) in [4.78, 5) is 43.1. The third-order valence-corrected chi connectivity index (χ3v) is 5.49. The van der Waals surface area contributed by atoms with Crippen LogP contribution < -0.4 is 0 Å². The second-order valence-corrected chi connectivity index (χ2v) is 7.37. The molecule has 1 aromatic heterocycles. The highest BCUT2D eigenvalue weighted by molar-refractivity contribution is 5.96. The van der Waals surface area contributed by atoms with Crippen molar-refractivity contribution in [3.8, 4) is 0 Å². The van der Waals surface area contributed by atoms with E-state index in [9.17, 15) is 14.4 Å². The number of carbonyl (C=O) groups excluding carboxylic acids is 3. The van der Waals surface area contributed by atoms with Gasteiger partial charge in [-0.3, -0.25) is 14.4 Å². The standard InChI is InChI=1S/C20H28N4O4/c1-4-7-24-13-15(12-17(24)25)19(26)22-8-6-9-23(11-10-22)20(27)18-14(3)28-21-16(18)5-2/h4,15H,1,5-13H2,2-3H3. The largest absolute Gasteiger partial charge is 0.361 e. The number of nitrogens with zero attached hydrogens (tertiary/aromatic N) is 4. The number of hydrogen-bond acceptors (Lipinski definition) is 5. The SMILES string of the molecule is C=CCN1CC(C(=O)N2CCCN(C(=O)c3c(CC)noc3C)CC2)CC1=O. The molecule has 152 valence electrons. The Morgan fingerprint density at radius 1 is 1.25 bits per heavy atom. The lowest BCUT2D eigenvalue weighted by molar-refractivity contribution is -0.135. The van der Waals surface area contributed by atoms with Crippen LogP contribution in [0.5, 0.6) is 0 Å². The van der Waals surface area contributed by atoms with E-state index in [1.165, 1.54) is 0 Å². The molecular formula is C20H28N4O4. The van der Waals surface area contributed by atoms with Crippen LogP contribution in [0, 0.1) is 12.8 Å². The van der Waals surface area contributed by atoms with Crippen molar-refractivity contribution >= 4 is 17.7 Å². The zero-order valence-electron chi connectivity index (χ0n) is 16.6. The molecule has 2 fully saturated rings. The Balaban J connectivity index is 1.63. The Labute approximate surface area is 165 Å². The van der Waals surface area contributed by atoms with Crippen LogP contribution in [-0.4, -0.2) is 76.8 Å². The molecule has 0 bridgehead atoms. The van der Waals surface area contributed by atoms with Crippen molar-refractivity contribution in [2.75, 3.05) is 39.3 Å². The third kappa shape index (κ3) is 3.95. The first kappa shape index (κ1) is 20.1. The lowest BCUT2D eigenvalue weighted by Gasteiger charge is -2.24. The molecule has 8 heteroatoms. The summed E-state index contributed by atoms with van der Waals surface area (Å²) in [5, 5.41) is 3.97. The van der Waals surface area contributed by atoms with Gasteiger partial charge in [0, 0.05) is 45.7 Å². The summed E-state index contributed by atoms with van der Waals surface area (Å²) in [7, 11) is 0. The molecule has 2 saturated heterocycles. The van der Waals surface area contributed by atoms with Gasteiger partial charge in [-0.2, -0.15) is 0 Å². The molecule has 28 heavy (non-hydrogen) atoms. The molecule has 3 rings (SSSR count). The van der Waals surface area contributed by atoms with Crippen molar-refractivity contribution in [1.29, 1.82) is 0 Å². The van der Waals surface area contributed by atoms with Gasteiger partial charge < -0.3 is 19.2 Å². The quantitative estimate of drug-likeness (QED) is 0.709. The maximum Gasteiger partial charge on any atom is 0.259 e. The van der Waals surface area contributed by atoms with E-state index >= 15 is 0 Å². The minimum absolute atomic E-state index is 0.0000886. The Bertz CT molecular complexity index is 772. The molecule has 3 amide bonds. The minimum Gasteiger partial charge on any atom is -0.361 e. The van der Waals surface area contributed by atoms with Gasteiger partial charge in [0.15, 0.2) is 0 Å². The highest BCUT2D eigenvalue weighted by Crippen LogP contribution is 2.22. The van der Waals surface area contributed by atoms with E-state index in [1.807, 2.05) is 6.92 Å². The van der Waals surface area contributed by atoms with Gasteiger partial charge in [-0.1, -0.05) is 18.2 Å². The molecule has 2 aliphatic heterocycles. The lowest BCUT2D eigenvalue weighted by Crippen LogP contribution is -2.41. The summed E-state index contributed by atoms with van der Waals surface area (Å²) in [5.41, 5.74) is 1.22. The van der Waals surface area contributed by atoms with Crippen molar-refractivity contribution < 1.29 is 18.9 Å². The van der Waals surface area contributed by atoms with Crippen molar-refractivity contribution in [3.63, 3.8) is 0 Å². The normalized spacial score (nSPS) is 20.4. The summed E-state index contributed by atoms with van der Waals surface area (Å²) in [6, 6.07) is 0. The molecule has 0 spiro atoms. The molecule has 0 aromatic carbocycles.